The van der Waals surface area contributed by atoms with E-state index in [0.717, 1.165) is 28.3 Å². The molecule has 2 heterocycles. The van der Waals surface area contributed by atoms with Crippen molar-refractivity contribution < 1.29 is 14.3 Å². The number of ether oxygens (including phenoxy) is 2. The van der Waals surface area contributed by atoms with Gasteiger partial charge in [-0.1, -0.05) is 12.1 Å². The lowest BCUT2D eigenvalue weighted by Gasteiger charge is -2.31. The molecule has 132 valence electrons. The Labute approximate surface area is 147 Å². The highest BCUT2D eigenvalue weighted by Gasteiger charge is 2.30. The standard InChI is InChI=1S/C19H23N3O3/c1-19(2,3)25-18(23)22-10-9-16-15(12-20-21-16)17(22)11-13-5-7-14(24-4)8-6-13/h5-8,11-12H,9-10H2,1-4H3,(H,20,21). The van der Waals surface area contributed by atoms with E-state index in [-0.39, 0.29) is 6.09 Å². The lowest BCUT2D eigenvalue weighted by atomic mass is 10.0. The average Bonchev–Trinajstić information content (AvgIpc) is 3.03. The van der Waals surface area contributed by atoms with Crippen molar-refractivity contribution in [2.75, 3.05) is 13.7 Å². The Kier molecular flexibility index (Phi) is 4.53. The summed E-state index contributed by atoms with van der Waals surface area (Å²) in [5.41, 5.74) is 3.17. The van der Waals surface area contributed by atoms with Crippen molar-refractivity contribution in [3.63, 3.8) is 0 Å². The SMILES string of the molecule is COc1ccc(C=C2c3cn[nH]c3CCN2C(=O)OC(C)(C)C)cc1. The van der Waals surface area contributed by atoms with Gasteiger partial charge in [-0.15, -0.1) is 0 Å². The van der Waals surface area contributed by atoms with Crippen LogP contribution in [-0.4, -0.2) is 40.4 Å². The van der Waals surface area contributed by atoms with Gasteiger partial charge in [-0.05, 0) is 44.5 Å². The van der Waals surface area contributed by atoms with Gasteiger partial charge in [0.15, 0.2) is 0 Å². The third-order valence-corrected chi connectivity index (χ3v) is 3.90. The van der Waals surface area contributed by atoms with E-state index in [4.69, 9.17) is 9.47 Å². The minimum Gasteiger partial charge on any atom is -0.497 e. The molecule has 0 aliphatic carbocycles. The molecule has 0 bridgehead atoms. The Bertz CT molecular complexity index is 785. The molecule has 6 heteroatoms. The van der Waals surface area contributed by atoms with Gasteiger partial charge in [0.25, 0.3) is 0 Å². The van der Waals surface area contributed by atoms with Crippen molar-refractivity contribution in [2.24, 2.45) is 0 Å². The van der Waals surface area contributed by atoms with Crippen LogP contribution in [0.3, 0.4) is 0 Å². The number of carbonyl (C=O) groups is 1. The van der Waals surface area contributed by atoms with E-state index in [0.29, 0.717) is 13.0 Å². The number of nitrogens with one attached hydrogen (secondary N) is 1. The summed E-state index contributed by atoms with van der Waals surface area (Å²) in [4.78, 5) is 14.3. The van der Waals surface area contributed by atoms with E-state index < -0.39 is 5.60 Å². The highest BCUT2D eigenvalue weighted by Crippen LogP contribution is 2.31. The Morgan fingerprint density at radius 3 is 2.64 bits per heavy atom. The number of H-pyrrole nitrogens is 1. The lowest BCUT2D eigenvalue weighted by molar-refractivity contribution is 0.0351. The summed E-state index contributed by atoms with van der Waals surface area (Å²) < 4.78 is 10.8. The number of methoxy groups -OCH3 is 1. The number of aromatic nitrogens is 2. The van der Waals surface area contributed by atoms with Gasteiger partial charge in [0.1, 0.15) is 11.4 Å². The van der Waals surface area contributed by atoms with Crippen molar-refractivity contribution in [2.45, 2.75) is 32.8 Å². The second-order valence-corrected chi connectivity index (χ2v) is 6.95. The number of nitrogens with zero attached hydrogens (tertiary/aromatic N) is 2. The maximum atomic E-state index is 12.7. The van der Waals surface area contributed by atoms with E-state index in [1.54, 1.807) is 18.2 Å². The molecule has 2 aromatic rings. The zero-order valence-electron chi connectivity index (χ0n) is 15.0. The minimum atomic E-state index is -0.543. The quantitative estimate of drug-likeness (QED) is 0.904. The molecule has 6 nitrogen and oxygen atoms in total. The van der Waals surface area contributed by atoms with Crippen LogP contribution in [-0.2, 0) is 11.2 Å². The minimum absolute atomic E-state index is 0.348. The van der Waals surface area contributed by atoms with Crippen LogP contribution in [0.25, 0.3) is 11.8 Å². The second-order valence-electron chi connectivity index (χ2n) is 6.95. The van der Waals surface area contributed by atoms with Crippen LogP contribution < -0.4 is 4.74 Å². The third kappa shape index (κ3) is 3.84. The van der Waals surface area contributed by atoms with Crippen LogP contribution in [0.15, 0.2) is 30.5 Å². The first-order chi connectivity index (χ1) is 11.9. The van der Waals surface area contributed by atoms with Crippen molar-refractivity contribution >= 4 is 17.9 Å². The first kappa shape index (κ1) is 17.1. The fraction of sp³-hybridized carbons (Fsp3) is 0.368. The van der Waals surface area contributed by atoms with Crippen LogP contribution in [0.5, 0.6) is 5.75 Å². The molecule has 0 saturated carbocycles. The van der Waals surface area contributed by atoms with Crippen LogP contribution >= 0.6 is 0 Å². The maximum absolute atomic E-state index is 12.7. The molecule has 0 fully saturated rings. The zero-order chi connectivity index (χ0) is 18.0. The van der Waals surface area contributed by atoms with Gasteiger partial charge in [0.2, 0.25) is 0 Å². The molecule has 0 spiro atoms. The van der Waals surface area contributed by atoms with Gasteiger partial charge in [-0.25, -0.2) is 4.79 Å². The molecule has 0 atom stereocenters. The smallest absolute Gasteiger partial charge is 0.414 e. The zero-order valence-corrected chi connectivity index (χ0v) is 15.0. The van der Waals surface area contributed by atoms with Gasteiger partial charge < -0.3 is 9.47 Å². The molecule has 1 aliphatic heterocycles. The Morgan fingerprint density at radius 1 is 1.28 bits per heavy atom. The molecule has 1 aliphatic rings. The predicted octanol–water partition coefficient (Wildman–Crippen LogP) is 3.71. The molecule has 25 heavy (non-hydrogen) atoms. The molecule has 3 rings (SSSR count). The fourth-order valence-corrected chi connectivity index (χ4v) is 2.73. The number of benzene rings is 1. The Hall–Kier alpha value is -2.76. The molecule has 1 N–H and O–H groups in total. The lowest BCUT2D eigenvalue weighted by Crippen LogP contribution is -2.39. The molecular formula is C19H23N3O3. The summed E-state index contributed by atoms with van der Waals surface area (Å²) in [6.07, 6.45) is 4.09. The van der Waals surface area contributed by atoms with Crippen molar-refractivity contribution in [1.82, 2.24) is 15.1 Å². The summed E-state index contributed by atoms with van der Waals surface area (Å²) in [5.74, 6) is 0.791. The fourth-order valence-electron chi connectivity index (χ4n) is 2.73. The number of hydrogen-bond acceptors (Lipinski definition) is 4. The highest BCUT2D eigenvalue weighted by molar-refractivity contribution is 5.91. The molecule has 0 radical (unpaired) electrons. The van der Waals surface area contributed by atoms with Gasteiger partial charge in [0.05, 0.1) is 19.0 Å². The Morgan fingerprint density at radius 2 is 2.00 bits per heavy atom. The number of fused-ring (bicyclic) bond motifs is 1. The topological polar surface area (TPSA) is 67.5 Å². The van der Waals surface area contributed by atoms with Crippen molar-refractivity contribution in [3.8, 4) is 5.75 Å². The molecule has 1 aromatic heterocycles. The predicted molar refractivity (Wildman–Crippen MR) is 96.1 cm³/mol. The second kappa shape index (κ2) is 6.63. The van der Waals surface area contributed by atoms with Gasteiger partial charge >= 0.3 is 6.09 Å². The number of rotatable bonds is 2. The van der Waals surface area contributed by atoms with E-state index in [1.807, 2.05) is 51.1 Å². The van der Waals surface area contributed by atoms with Crippen LogP contribution in [0.2, 0.25) is 0 Å². The highest BCUT2D eigenvalue weighted by atomic mass is 16.6. The first-order valence-electron chi connectivity index (χ1n) is 8.26. The summed E-state index contributed by atoms with van der Waals surface area (Å²) in [5, 5.41) is 7.14. The first-order valence-corrected chi connectivity index (χ1v) is 8.26. The van der Waals surface area contributed by atoms with Gasteiger partial charge in [-0.3, -0.25) is 10.00 Å². The summed E-state index contributed by atoms with van der Waals surface area (Å²) in [7, 11) is 1.64. The third-order valence-electron chi connectivity index (χ3n) is 3.90. The number of hydrogen-bond donors (Lipinski definition) is 1. The number of aromatic amines is 1. The van der Waals surface area contributed by atoms with E-state index in [1.165, 1.54) is 0 Å². The Balaban J connectivity index is 1.97. The number of amides is 1. The molecule has 1 aromatic carbocycles. The monoisotopic (exact) mass is 341 g/mol. The van der Waals surface area contributed by atoms with Crippen LogP contribution in [0, 0.1) is 0 Å². The maximum Gasteiger partial charge on any atom is 0.414 e. The summed E-state index contributed by atoms with van der Waals surface area (Å²) >= 11 is 0. The van der Waals surface area contributed by atoms with Crippen molar-refractivity contribution in [1.29, 1.82) is 0 Å². The average molecular weight is 341 g/mol. The molecule has 1 amide bonds. The van der Waals surface area contributed by atoms with E-state index in [2.05, 4.69) is 10.2 Å². The van der Waals surface area contributed by atoms with Crippen LogP contribution in [0.4, 0.5) is 4.79 Å². The molecule has 0 saturated heterocycles. The summed E-state index contributed by atoms with van der Waals surface area (Å²) in [6, 6.07) is 7.69. The van der Waals surface area contributed by atoms with Gasteiger partial charge in [0, 0.05) is 24.2 Å². The van der Waals surface area contributed by atoms with Crippen molar-refractivity contribution in [3.05, 3.63) is 47.3 Å². The largest absolute Gasteiger partial charge is 0.497 e. The number of carbonyl (C=O) groups excluding carboxylic acids is 1. The normalized spacial score (nSPS) is 15.8. The molecular weight excluding hydrogens is 318 g/mol. The van der Waals surface area contributed by atoms with E-state index in [9.17, 15) is 4.79 Å². The van der Waals surface area contributed by atoms with Crippen LogP contribution in [0.1, 0.15) is 37.6 Å². The van der Waals surface area contributed by atoms with E-state index >= 15 is 0 Å². The summed E-state index contributed by atoms with van der Waals surface area (Å²) in [6.45, 7) is 6.15. The van der Waals surface area contributed by atoms with Gasteiger partial charge in [-0.2, -0.15) is 5.10 Å². The molecule has 0 unspecified atom stereocenters.